The number of para-hydroxylation sites is 1. The highest BCUT2D eigenvalue weighted by Crippen LogP contribution is 2.53. The first kappa shape index (κ1) is 9.92. The second-order valence-electron chi connectivity index (χ2n) is 5.61. The van der Waals surface area contributed by atoms with Crippen LogP contribution in [-0.4, -0.2) is 15.7 Å². The van der Waals surface area contributed by atoms with E-state index in [0.29, 0.717) is 11.3 Å². The third-order valence-electron chi connectivity index (χ3n) is 4.64. The molecular weight excluding hydrogens is 240 g/mol. The summed E-state index contributed by atoms with van der Waals surface area (Å²) in [6, 6.07) is 7.54. The van der Waals surface area contributed by atoms with Gasteiger partial charge in [-0.25, -0.2) is 4.98 Å². The molecule has 1 spiro atoms. The fraction of sp³-hybridized carbons (Fsp3) is 0.333. The summed E-state index contributed by atoms with van der Waals surface area (Å²) >= 11 is 0. The van der Waals surface area contributed by atoms with Crippen molar-refractivity contribution >= 4 is 10.9 Å². The van der Waals surface area contributed by atoms with Crippen LogP contribution in [0, 0.1) is 5.92 Å². The second-order valence-corrected chi connectivity index (χ2v) is 5.61. The Hall–Kier alpha value is -1.94. The van der Waals surface area contributed by atoms with Crippen LogP contribution in [0.4, 0.5) is 0 Å². The van der Waals surface area contributed by atoms with Crippen LogP contribution in [0.15, 0.2) is 41.2 Å². The fourth-order valence-electron chi connectivity index (χ4n) is 3.77. The van der Waals surface area contributed by atoms with Crippen molar-refractivity contribution in [2.45, 2.75) is 24.7 Å². The molecule has 1 saturated heterocycles. The van der Waals surface area contributed by atoms with Crippen molar-refractivity contribution in [2.24, 2.45) is 5.92 Å². The van der Waals surface area contributed by atoms with Gasteiger partial charge in [-0.15, -0.1) is 0 Å². The highest BCUT2D eigenvalue weighted by Gasteiger charge is 2.57. The Morgan fingerprint density at radius 2 is 2.26 bits per heavy atom. The van der Waals surface area contributed by atoms with E-state index in [0.717, 1.165) is 24.3 Å². The van der Waals surface area contributed by atoms with Crippen molar-refractivity contribution in [3.05, 3.63) is 52.6 Å². The maximum Gasteiger partial charge on any atom is 0.261 e. The molecule has 0 aliphatic carbocycles. The van der Waals surface area contributed by atoms with Crippen LogP contribution in [-0.2, 0) is 16.9 Å². The molecule has 94 valence electrons. The van der Waals surface area contributed by atoms with Crippen molar-refractivity contribution < 1.29 is 4.74 Å². The summed E-state index contributed by atoms with van der Waals surface area (Å²) in [4.78, 5) is 17.3. The Labute approximate surface area is 109 Å². The normalized spacial score (nSPS) is 33.9. The topological polar surface area (TPSA) is 44.1 Å². The lowest BCUT2D eigenvalue weighted by Crippen LogP contribution is -2.28. The van der Waals surface area contributed by atoms with Gasteiger partial charge in [0.05, 0.1) is 17.0 Å². The largest absolute Gasteiger partial charge is 0.355 e. The Morgan fingerprint density at radius 3 is 3.16 bits per heavy atom. The van der Waals surface area contributed by atoms with Crippen LogP contribution in [0.5, 0.6) is 0 Å². The Morgan fingerprint density at radius 1 is 1.37 bits per heavy atom. The molecule has 1 aromatic carbocycles. The van der Waals surface area contributed by atoms with Crippen LogP contribution in [0.2, 0.25) is 0 Å². The van der Waals surface area contributed by atoms with E-state index in [4.69, 9.17) is 9.72 Å². The van der Waals surface area contributed by atoms with Gasteiger partial charge < -0.3 is 4.74 Å². The summed E-state index contributed by atoms with van der Waals surface area (Å²) in [7, 11) is 0. The molecule has 19 heavy (non-hydrogen) atoms. The van der Waals surface area contributed by atoms with Gasteiger partial charge in [-0.3, -0.25) is 9.36 Å². The summed E-state index contributed by atoms with van der Waals surface area (Å²) in [6.45, 7) is 0.729. The molecule has 0 amide bonds. The zero-order chi connectivity index (χ0) is 12.6. The van der Waals surface area contributed by atoms with E-state index in [1.54, 1.807) is 4.57 Å². The van der Waals surface area contributed by atoms with Gasteiger partial charge in [-0.1, -0.05) is 18.2 Å². The average Bonchev–Trinajstić information content (AvgIpc) is 3.08. The molecule has 1 fully saturated rings. The SMILES string of the molecule is O=c1c2ccccc2nc2n1C[C@H]1C[C@@H]3C=C[C@]21O3. The van der Waals surface area contributed by atoms with E-state index in [1.165, 1.54) is 0 Å². The maximum absolute atomic E-state index is 12.6. The molecule has 4 heteroatoms. The molecule has 5 rings (SSSR count). The number of hydrogen-bond acceptors (Lipinski definition) is 3. The van der Waals surface area contributed by atoms with Crippen LogP contribution in [0.3, 0.4) is 0 Å². The van der Waals surface area contributed by atoms with Gasteiger partial charge in [-0.2, -0.15) is 0 Å². The van der Waals surface area contributed by atoms with E-state index in [2.05, 4.69) is 12.2 Å². The lowest BCUT2D eigenvalue weighted by Gasteiger charge is -2.21. The predicted molar refractivity (Wildman–Crippen MR) is 69.8 cm³/mol. The molecule has 3 atom stereocenters. The maximum atomic E-state index is 12.6. The molecule has 4 heterocycles. The summed E-state index contributed by atoms with van der Waals surface area (Å²) in [5, 5.41) is 0.696. The minimum atomic E-state index is -0.437. The first-order chi connectivity index (χ1) is 9.28. The zero-order valence-corrected chi connectivity index (χ0v) is 10.2. The van der Waals surface area contributed by atoms with Crippen molar-refractivity contribution in [3.8, 4) is 0 Å². The highest BCUT2D eigenvalue weighted by atomic mass is 16.5. The number of fused-ring (bicyclic) bond motifs is 3. The molecule has 0 N–H and O–H groups in total. The van der Waals surface area contributed by atoms with E-state index in [-0.39, 0.29) is 11.7 Å². The Kier molecular flexibility index (Phi) is 1.55. The molecule has 0 saturated carbocycles. The number of aromatic nitrogens is 2. The number of ether oxygens (including phenoxy) is 1. The molecule has 4 nitrogen and oxygen atoms in total. The van der Waals surface area contributed by atoms with Gasteiger partial charge in [0.15, 0.2) is 0 Å². The van der Waals surface area contributed by atoms with Gasteiger partial charge >= 0.3 is 0 Å². The minimum Gasteiger partial charge on any atom is -0.355 e. The number of benzene rings is 1. The van der Waals surface area contributed by atoms with Gasteiger partial charge in [-0.05, 0) is 24.6 Å². The van der Waals surface area contributed by atoms with Crippen LogP contribution < -0.4 is 5.56 Å². The van der Waals surface area contributed by atoms with Crippen molar-refractivity contribution in [3.63, 3.8) is 0 Å². The number of nitrogens with zero attached hydrogens (tertiary/aromatic N) is 2. The second kappa shape index (κ2) is 2.96. The zero-order valence-electron chi connectivity index (χ0n) is 10.2. The molecule has 2 bridgehead atoms. The van der Waals surface area contributed by atoms with Crippen LogP contribution in [0.25, 0.3) is 10.9 Å². The van der Waals surface area contributed by atoms with Crippen molar-refractivity contribution in [1.82, 2.24) is 9.55 Å². The monoisotopic (exact) mass is 252 g/mol. The third kappa shape index (κ3) is 1.01. The summed E-state index contributed by atoms with van der Waals surface area (Å²) in [5.74, 6) is 1.15. The fourth-order valence-corrected chi connectivity index (χ4v) is 3.77. The highest BCUT2D eigenvalue weighted by molar-refractivity contribution is 5.77. The first-order valence-electron chi connectivity index (χ1n) is 6.65. The standard InChI is InChI=1S/C15H12N2O2/c18-13-11-3-1-2-4-12(11)16-14-15-6-5-10(19-15)7-9(15)8-17(13)14/h1-6,9-10H,7-8H2/t9-,10+,15-/m1/s1. The van der Waals surface area contributed by atoms with Crippen molar-refractivity contribution in [1.29, 1.82) is 0 Å². The van der Waals surface area contributed by atoms with E-state index in [9.17, 15) is 4.79 Å². The smallest absolute Gasteiger partial charge is 0.261 e. The van der Waals surface area contributed by atoms with Crippen LogP contribution >= 0.6 is 0 Å². The molecule has 1 aromatic heterocycles. The number of hydrogen-bond donors (Lipinski definition) is 0. The van der Waals surface area contributed by atoms with E-state index in [1.807, 2.05) is 24.3 Å². The molecule has 2 aromatic rings. The molecule has 0 radical (unpaired) electrons. The summed E-state index contributed by atoms with van der Waals surface area (Å²) in [6.07, 6.45) is 5.41. The summed E-state index contributed by atoms with van der Waals surface area (Å²) in [5.41, 5.74) is 0.388. The third-order valence-corrected chi connectivity index (χ3v) is 4.64. The Balaban J connectivity index is 1.90. The average molecular weight is 252 g/mol. The van der Waals surface area contributed by atoms with Gasteiger partial charge in [0.2, 0.25) is 0 Å². The molecular formula is C15H12N2O2. The quantitative estimate of drug-likeness (QED) is 0.669. The first-order valence-corrected chi connectivity index (χ1v) is 6.65. The van der Waals surface area contributed by atoms with Gasteiger partial charge in [0, 0.05) is 12.5 Å². The predicted octanol–water partition coefficient (Wildman–Crippen LogP) is 1.58. The van der Waals surface area contributed by atoms with Crippen LogP contribution in [0.1, 0.15) is 12.2 Å². The molecule has 0 unspecified atom stereocenters. The van der Waals surface area contributed by atoms with Gasteiger partial charge in [0.25, 0.3) is 5.56 Å². The van der Waals surface area contributed by atoms with E-state index < -0.39 is 5.60 Å². The van der Waals surface area contributed by atoms with Crippen molar-refractivity contribution in [2.75, 3.05) is 0 Å². The van der Waals surface area contributed by atoms with E-state index >= 15 is 0 Å². The summed E-state index contributed by atoms with van der Waals surface area (Å²) < 4.78 is 7.89. The number of rotatable bonds is 0. The molecule has 3 aliphatic heterocycles. The minimum absolute atomic E-state index is 0.0600. The molecule has 3 aliphatic rings. The lowest BCUT2D eigenvalue weighted by atomic mass is 9.85. The lowest BCUT2D eigenvalue weighted by molar-refractivity contribution is 0.0134. The Bertz CT molecular complexity index is 807. The van der Waals surface area contributed by atoms with Gasteiger partial charge in [0.1, 0.15) is 11.4 Å².